The topological polar surface area (TPSA) is 37.8 Å². The number of hydrogen-bond acceptors (Lipinski definition) is 1. The molecule has 0 aliphatic heterocycles. The van der Waals surface area contributed by atoms with Crippen molar-refractivity contribution < 1.29 is 0 Å². The minimum atomic E-state index is -0.243. The molecule has 23 heavy (non-hydrogen) atoms. The van der Waals surface area contributed by atoms with Gasteiger partial charge in [0.15, 0.2) is 0 Å². The molecule has 0 unspecified atom stereocenters. The van der Waals surface area contributed by atoms with E-state index in [-0.39, 0.29) is 11.0 Å². The Balaban J connectivity index is 2.32. The van der Waals surface area contributed by atoms with Gasteiger partial charge in [0.05, 0.1) is 16.9 Å². The first-order chi connectivity index (χ1) is 10.9. The highest BCUT2D eigenvalue weighted by Gasteiger charge is 2.27. The average molecular weight is 306 g/mol. The van der Waals surface area contributed by atoms with E-state index in [0.717, 1.165) is 28.1 Å². The second-order valence-electron chi connectivity index (χ2n) is 6.90. The van der Waals surface area contributed by atoms with Crippen LogP contribution in [0.4, 0.5) is 0 Å². The summed E-state index contributed by atoms with van der Waals surface area (Å²) in [7, 11) is 0. The lowest BCUT2D eigenvalue weighted by atomic mass is 9.85. The molecular formula is C20H22N2O. The highest BCUT2D eigenvalue weighted by molar-refractivity contribution is 5.64. The van der Waals surface area contributed by atoms with E-state index in [9.17, 15) is 4.79 Å². The van der Waals surface area contributed by atoms with Crippen LogP contribution in [-0.2, 0) is 5.41 Å². The smallest absolute Gasteiger partial charge is 0.275 e. The summed E-state index contributed by atoms with van der Waals surface area (Å²) in [5, 5.41) is 3.33. The van der Waals surface area contributed by atoms with Gasteiger partial charge in [-0.3, -0.25) is 9.89 Å². The van der Waals surface area contributed by atoms with Crippen molar-refractivity contribution in [3.05, 3.63) is 76.1 Å². The molecule has 0 fully saturated rings. The third kappa shape index (κ3) is 2.74. The van der Waals surface area contributed by atoms with Gasteiger partial charge in [-0.2, -0.15) is 0 Å². The maximum absolute atomic E-state index is 13.1. The van der Waals surface area contributed by atoms with Crippen LogP contribution in [0.1, 0.15) is 31.9 Å². The zero-order valence-corrected chi connectivity index (χ0v) is 14.1. The van der Waals surface area contributed by atoms with Gasteiger partial charge < -0.3 is 0 Å². The molecular weight excluding hydrogens is 284 g/mol. The fourth-order valence-corrected chi connectivity index (χ4v) is 2.93. The molecule has 3 nitrogen and oxygen atoms in total. The van der Waals surface area contributed by atoms with Crippen LogP contribution in [0.5, 0.6) is 0 Å². The highest BCUT2D eigenvalue weighted by Crippen LogP contribution is 2.30. The number of nitrogens with zero attached hydrogens (tertiary/aromatic N) is 1. The molecule has 0 bridgehead atoms. The molecule has 3 rings (SSSR count). The molecule has 0 aliphatic rings. The molecule has 0 aliphatic carbocycles. The van der Waals surface area contributed by atoms with Gasteiger partial charge in [0.1, 0.15) is 0 Å². The Hall–Kier alpha value is -2.55. The third-order valence-electron chi connectivity index (χ3n) is 4.06. The van der Waals surface area contributed by atoms with Gasteiger partial charge in [-0.1, -0.05) is 69.3 Å². The number of aryl methyl sites for hydroxylation is 1. The lowest BCUT2D eigenvalue weighted by molar-refractivity contribution is 0.586. The second-order valence-corrected chi connectivity index (χ2v) is 6.90. The lowest BCUT2D eigenvalue weighted by Gasteiger charge is -2.17. The van der Waals surface area contributed by atoms with Crippen molar-refractivity contribution in [2.45, 2.75) is 33.1 Å². The zero-order valence-electron chi connectivity index (χ0n) is 14.1. The van der Waals surface area contributed by atoms with E-state index in [0.29, 0.717) is 0 Å². The van der Waals surface area contributed by atoms with E-state index in [1.165, 1.54) is 0 Å². The van der Waals surface area contributed by atoms with Crippen molar-refractivity contribution in [2.24, 2.45) is 0 Å². The lowest BCUT2D eigenvalue weighted by Crippen LogP contribution is -2.25. The number of aromatic nitrogens is 2. The van der Waals surface area contributed by atoms with Crippen LogP contribution in [0.2, 0.25) is 0 Å². The molecule has 2 aromatic carbocycles. The van der Waals surface area contributed by atoms with Gasteiger partial charge in [0.25, 0.3) is 5.56 Å². The molecule has 0 radical (unpaired) electrons. The first-order valence-electron chi connectivity index (χ1n) is 7.86. The number of hydrogen-bond donors (Lipinski definition) is 1. The van der Waals surface area contributed by atoms with Gasteiger partial charge in [-0.25, -0.2) is 4.68 Å². The molecule has 0 spiro atoms. The van der Waals surface area contributed by atoms with E-state index < -0.39 is 0 Å². The number of H-pyrrole nitrogens is 1. The fourth-order valence-electron chi connectivity index (χ4n) is 2.93. The Kier molecular flexibility index (Phi) is 3.72. The zero-order chi connectivity index (χ0) is 16.6. The Morgan fingerprint density at radius 2 is 1.52 bits per heavy atom. The van der Waals surface area contributed by atoms with Crippen LogP contribution in [0.25, 0.3) is 16.9 Å². The van der Waals surface area contributed by atoms with E-state index in [2.05, 4.69) is 25.9 Å². The monoisotopic (exact) mass is 306 g/mol. The van der Waals surface area contributed by atoms with Crippen molar-refractivity contribution in [3.63, 3.8) is 0 Å². The van der Waals surface area contributed by atoms with Crippen molar-refractivity contribution in [3.8, 4) is 16.9 Å². The standard InChI is InChI=1S/C20H22N2O/c1-14-10-8-9-13-16(14)22-19(23)17(20(2,3)4)18(21-22)15-11-6-5-7-12-15/h5-13,21H,1-4H3. The summed E-state index contributed by atoms with van der Waals surface area (Å²) in [4.78, 5) is 13.1. The molecule has 0 amide bonds. The fraction of sp³-hybridized carbons (Fsp3) is 0.250. The van der Waals surface area contributed by atoms with Crippen LogP contribution >= 0.6 is 0 Å². The Morgan fingerprint density at radius 1 is 0.913 bits per heavy atom. The first kappa shape index (κ1) is 15.3. The summed E-state index contributed by atoms with van der Waals surface area (Å²) in [5.74, 6) is 0. The summed E-state index contributed by atoms with van der Waals surface area (Å²) in [5.41, 5.74) is 4.47. The summed E-state index contributed by atoms with van der Waals surface area (Å²) in [6, 6.07) is 17.9. The van der Waals surface area contributed by atoms with Gasteiger partial charge >= 0.3 is 0 Å². The van der Waals surface area contributed by atoms with Crippen LogP contribution < -0.4 is 5.56 Å². The van der Waals surface area contributed by atoms with Gasteiger partial charge in [0.2, 0.25) is 0 Å². The molecule has 1 aromatic heterocycles. The van der Waals surface area contributed by atoms with Crippen molar-refractivity contribution in [2.75, 3.05) is 0 Å². The molecule has 118 valence electrons. The number of benzene rings is 2. The third-order valence-corrected chi connectivity index (χ3v) is 4.06. The quantitative estimate of drug-likeness (QED) is 0.747. The Bertz CT molecular complexity index is 880. The SMILES string of the molecule is Cc1ccccc1-n1[nH]c(-c2ccccc2)c(C(C)(C)C)c1=O. The van der Waals surface area contributed by atoms with Gasteiger partial charge in [-0.15, -0.1) is 0 Å². The number of rotatable bonds is 2. The number of aromatic amines is 1. The second kappa shape index (κ2) is 5.58. The van der Waals surface area contributed by atoms with Gasteiger partial charge in [-0.05, 0) is 29.5 Å². The Labute approximate surface area is 136 Å². The van der Waals surface area contributed by atoms with E-state index in [1.807, 2.05) is 61.5 Å². The van der Waals surface area contributed by atoms with E-state index in [1.54, 1.807) is 4.68 Å². The largest absolute Gasteiger partial charge is 0.290 e. The van der Waals surface area contributed by atoms with Crippen LogP contribution in [0, 0.1) is 6.92 Å². The molecule has 0 atom stereocenters. The van der Waals surface area contributed by atoms with Crippen molar-refractivity contribution in [1.29, 1.82) is 0 Å². The molecule has 0 saturated carbocycles. The van der Waals surface area contributed by atoms with Crippen molar-refractivity contribution in [1.82, 2.24) is 9.78 Å². The Morgan fingerprint density at radius 3 is 2.13 bits per heavy atom. The number of para-hydroxylation sites is 1. The summed E-state index contributed by atoms with van der Waals surface area (Å²) >= 11 is 0. The van der Waals surface area contributed by atoms with Gasteiger partial charge in [0, 0.05) is 0 Å². The maximum Gasteiger partial charge on any atom is 0.275 e. The average Bonchev–Trinajstić information content (AvgIpc) is 2.86. The number of nitrogens with one attached hydrogen (secondary N) is 1. The first-order valence-corrected chi connectivity index (χ1v) is 7.86. The minimum Gasteiger partial charge on any atom is -0.290 e. The van der Waals surface area contributed by atoms with Crippen LogP contribution in [-0.4, -0.2) is 9.78 Å². The minimum absolute atomic E-state index is 0.0191. The van der Waals surface area contributed by atoms with E-state index in [4.69, 9.17) is 0 Å². The highest BCUT2D eigenvalue weighted by atomic mass is 16.1. The predicted octanol–water partition coefficient (Wildman–Crippen LogP) is 4.44. The molecule has 0 saturated heterocycles. The maximum atomic E-state index is 13.1. The van der Waals surface area contributed by atoms with Crippen LogP contribution in [0.3, 0.4) is 0 Å². The summed E-state index contributed by atoms with van der Waals surface area (Å²) in [6.07, 6.45) is 0. The predicted molar refractivity (Wildman–Crippen MR) is 95.3 cm³/mol. The molecule has 3 aromatic rings. The summed E-state index contributed by atoms with van der Waals surface area (Å²) < 4.78 is 1.66. The van der Waals surface area contributed by atoms with Crippen LogP contribution in [0.15, 0.2) is 59.4 Å². The molecule has 3 heteroatoms. The molecule has 1 heterocycles. The van der Waals surface area contributed by atoms with E-state index >= 15 is 0 Å². The molecule has 1 N–H and O–H groups in total. The summed E-state index contributed by atoms with van der Waals surface area (Å²) in [6.45, 7) is 8.24. The normalized spacial score (nSPS) is 11.7. The van der Waals surface area contributed by atoms with Crippen molar-refractivity contribution >= 4 is 0 Å².